The summed E-state index contributed by atoms with van der Waals surface area (Å²) in [5.74, 6) is 0.0925. The molecule has 9 heteroatoms. The van der Waals surface area contributed by atoms with Gasteiger partial charge in [-0.25, -0.2) is 18.1 Å². The molecule has 0 bridgehead atoms. The number of amides is 1. The number of imidazole rings is 1. The van der Waals surface area contributed by atoms with Gasteiger partial charge in [-0.2, -0.15) is 0 Å². The normalized spacial score (nSPS) is 18.6. The number of ether oxygens (including phenoxy) is 1. The fourth-order valence-electron chi connectivity index (χ4n) is 4.38. The van der Waals surface area contributed by atoms with Crippen LogP contribution < -0.4 is 9.46 Å². The van der Waals surface area contributed by atoms with Crippen molar-refractivity contribution < 1.29 is 17.9 Å². The maximum atomic E-state index is 13.1. The van der Waals surface area contributed by atoms with Gasteiger partial charge in [0.15, 0.2) is 0 Å². The Kier molecular flexibility index (Phi) is 6.10. The number of piperidine rings is 1. The van der Waals surface area contributed by atoms with Gasteiger partial charge in [0.1, 0.15) is 10.6 Å². The van der Waals surface area contributed by atoms with Crippen LogP contribution in [-0.4, -0.2) is 55.0 Å². The fraction of sp³-hybridized carbons (Fsp3) is 0.524. The third-order valence-electron chi connectivity index (χ3n) is 6.08. The Morgan fingerprint density at radius 3 is 2.53 bits per heavy atom. The van der Waals surface area contributed by atoms with Crippen molar-refractivity contribution in [2.45, 2.75) is 55.5 Å². The summed E-state index contributed by atoms with van der Waals surface area (Å²) >= 11 is 0. The van der Waals surface area contributed by atoms with Crippen molar-refractivity contribution in [3.8, 4) is 5.75 Å². The van der Waals surface area contributed by atoms with Crippen LogP contribution in [-0.2, 0) is 10.0 Å². The number of carbonyl (C=O) groups is 1. The fourth-order valence-corrected chi connectivity index (χ4v) is 5.88. The molecule has 4 rings (SSSR count). The van der Waals surface area contributed by atoms with Gasteiger partial charge in [0, 0.05) is 43.1 Å². The van der Waals surface area contributed by atoms with Crippen molar-refractivity contribution in [2.75, 3.05) is 20.2 Å². The number of hydrogen-bond acceptors (Lipinski definition) is 5. The van der Waals surface area contributed by atoms with Crippen LogP contribution in [0.1, 0.15) is 54.9 Å². The van der Waals surface area contributed by atoms with Crippen LogP contribution >= 0.6 is 0 Å². The zero-order valence-electron chi connectivity index (χ0n) is 17.2. The number of methoxy groups -OCH3 is 1. The first-order valence-electron chi connectivity index (χ1n) is 10.4. The average Bonchev–Trinajstić information content (AvgIpc) is 3.47. The van der Waals surface area contributed by atoms with Crippen molar-refractivity contribution in [3.63, 3.8) is 0 Å². The Morgan fingerprint density at radius 2 is 1.90 bits per heavy atom. The lowest BCUT2D eigenvalue weighted by Crippen LogP contribution is -2.39. The highest BCUT2D eigenvalue weighted by Gasteiger charge is 2.29. The number of likely N-dealkylation sites (tertiary alicyclic amines) is 1. The summed E-state index contributed by atoms with van der Waals surface area (Å²) < 4.78 is 36.1. The number of aromatic nitrogens is 2. The number of nitrogens with one attached hydrogen (secondary N) is 1. The number of rotatable bonds is 6. The van der Waals surface area contributed by atoms with Crippen LogP contribution in [0.3, 0.4) is 0 Å². The van der Waals surface area contributed by atoms with E-state index in [2.05, 4.69) is 14.3 Å². The molecule has 30 heavy (non-hydrogen) atoms. The second-order valence-electron chi connectivity index (χ2n) is 8.00. The van der Waals surface area contributed by atoms with Gasteiger partial charge in [-0.1, -0.05) is 12.8 Å². The van der Waals surface area contributed by atoms with Crippen LogP contribution in [0.2, 0.25) is 0 Å². The van der Waals surface area contributed by atoms with Gasteiger partial charge in [0.2, 0.25) is 10.0 Å². The SMILES string of the molecule is COc1ccc(C(=O)N2CCC(n3ccnc3)CC2)cc1S(=O)(=O)NC1CCCC1. The molecule has 2 aromatic rings. The first-order valence-corrected chi connectivity index (χ1v) is 11.9. The molecule has 1 saturated carbocycles. The molecule has 1 amide bonds. The van der Waals surface area contributed by atoms with Gasteiger partial charge in [-0.3, -0.25) is 4.79 Å². The summed E-state index contributed by atoms with van der Waals surface area (Å²) in [6, 6.07) is 4.92. The molecular formula is C21H28N4O4S. The second-order valence-corrected chi connectivity index (χ2v) is 9.68. The quantitative estimate of drug-likeness (QED) is 0.757. The van der Waals surface area contributed by atoms with Gasteiger partial charge in [0.05, 0.1) is 13.4 Å². The van der Waals surface area contributed by atoms with Crippen LogP contribution in [0.4, 0.5) is 0 Å². The van der Waals surface area contributed by atoms with E-state index >= 15 is 0 Å². The zero-order chi connectivity index (χ0) is 21.1. The van der Waals surface area contributed by atoms with E-state index in [1.165, 1.54) is 13.2 Å². The Balaban J connectivity index is 1.50. The molecule has 162 valence electrons. The van der Waals surface area contributed by atoms with Crippen LogP contribution in [0.15, 0.2) is 41.8 Å². The van der Waals surface area contributed by atoms with Gasteiger partial charge < -0.3 is 14.2 Å². The lowest BCUT2D eigenvalue weighted by Gasteiger charge is -2.32. The minimum Gasteiger partial charge on any atom is -0.495 e. The van der Waals surface area contributed by atoms with E-state index in [0.717, 1.165) is 38.5 Å². The molecule has 0 radical (unpaired) electrons. The van der Waals surface area contributed by atoms with Crippen LogP contribution in [0, 0.1) is 0 Å². The van der Waals surface area contributed by atoms with E-state index in [9.17, 15) is 13.2 Å². The number of carbonyl (C=O) groups excluding carboxylic acids is 1. The molecule has 2 fully saturated rings. The molecule has 0 spiro atoms. The summed E-state index contributed by atoms with van der Waals surface area (Å²) in [5, 5.41) is 0. The maximum absolute atomic E-state index is 13.1. The molecule has 1 aliphatic heterocycles. The van der Waals surface area contributed by atoms with Crippen LogP contribution in [0.25, 0.3) is 0 Å². The summed E-state index contributed by atoms with van der Waals surface area (Å²) in [4.78, 5) is 19.0. The van der Waals surface area contributed by atoms with E-state index in [-0.39, 0.29) is 22.6 Å². The molecule has 1 aromatic carbocycles. The molecule has 1 N–H and O–H groups in total. The maximum Gasteiger partial charge on any atom is 0.253 e. The van der Waals surface area contributed by atoms with Crippen molar-refractivity contribution in [1.29, 1.82) is 0 Å². The largest absolute Gasteiger partial charge is 0.495 e. The molecule has 1 aliphatic carbocycles. The third-order valence-corrected chi connectivity index (χ3v) is 7.62. The number of nitrogens with zero attached hydrogens (tertiary/aromatic N) is 3. The summed E-state index contributed by atoms with van der Waals surface area (Å²) in [7, 11) is -2.33. The minimum atomic E-state index is -3.77. The van der Waals surface area contributed by atoms with Crippen molar-refractivity contribution in [3.05, 3.63) is 42.5 Å². The molecule has 1 saturated heterocycles. The lowest BCUT2D eigenvalue weighted by atomic mass is 10.0. The highest BCUT2D eigenvalue weighted by Crippen LogP contribution is 2.29. The number of hydrogen-bond donors (Lipinski definition) is 1. The smallest absolute Gasteiger partial charge is 0.253 e. The van der Waals surface area contributed by atoms with E-state index in [1.54, 1.807) is 29.6 Å². The first-order chi connectivity index (χ1) is 14.5. The van der Waals surface area contributed by atoms with Crippen molar-refractivity contribution in [2.24, 2.45) is 0 Å². The molecule has 2 aliphatic rings. The third kappa shape index (κ3) is 4.37. The lowest BCUT2D eigenvalue weighted by molar-refractivity contribution is 0.0694. The van der Waals surface area contributed by atoms with Gasteiger partial charge in [-0.15, -0.1) is 0 Å². The first kappa shape index (κ1) is 20.9. The standard InChI is InChI=1S/C21H28N4O4S/c1-29-19-7-6-16(14-20(19)30(27,28)23-17-4-2-3-5-17)21(26)24-11-8-18(9-12-24)25-13-10-22-15-25/h6-7,10,13-15,17-18,23H,2-5,8-9,11-12H2,1H3. The van der Waals surface area contributed by atoms with Gasteiger partial charge >= 0.3 is 0 Å². The van der Waals surface area contributed by atoms with Crippen LogP contribution in [0.5, 0.6) is 5.75 Å². The average molecular weight is 433 g/mol. The van der Waals surface area contributed by atoms with E-state index in [1.807, 2.05) is 6.20 Å². The Bertz CT molecular complexity index is 976. The van der Waals surface area contributed by atoms with Crippen molar-refractivity contribution >= 4 is 15.9 Å². The number of sulfonamides is 1. The Labute approximate surface area is 177 Å². The van der Waals surface area contributed by atoms with Gasteiger partial charge in [-0.05, 0) is 43.9 Å². The highest BCUT2D eigenvalue weighted by molar-refractivity contribution is 7.89. The molecule has 0 atom stereocenters. The molecule has 1 aromatic heterocycles. The predicted molar refractivity (Wildman–Crippen MR) is 112 cm³/mol. The van der Waals surface area contributed by atoms with Gasteiger partial charge in [0.25, 0.3) is 5.91 Å². The summed E-state index contributed by atoms with van der Waals surface area (Å²) in [6.07, 6.45) is 10.9. The topological polar surface area (TPSA) is 93.5 Å². The molecular weight excluding hydrogens is 404 g/mol. The molecule has 8 nitrogen and oxygen atoms in total. The summed E-state index contributed by atoms with van der Waals surface area (Å²) in [5.41, 5.74) is 0.365. The summed E-state index contributed by atoms with van der Waals surface area (Å²) in [6.45, 7) is 1.24. The number of benzene rings is 1. The minimum absolute atomic E-state index is 0.0241. The predicted octanol–water partition coefficient (Wildman–Crippen LogP) is 2.59. The van der Waals surface area contributed by atoms with E-state index < -0.39 is 10.0 Å². The zero-order valence-corrected chi connectivity index (χ0v) is 18.0. The van der Waals surface area contributed by atoms with E-state index in [0.29, 0.717) is 24.7 Å². The molecule has 0 unspecified atom stereocenters. The van der Waals surface area contributed by atoms with Crippen molar-refractivity contribution in [1.82, 2.24) is 19.2 Å². The monoisotopic (exact) mass is 432 g/mol. The highest BCUT2D eigenvalue weighted by atomic mass is 32.2. The Morgan fingerprint density at radius 1 is 1.17 bits per heavy atom. The molecule has 2 heterocycles. The second kappa shape index (κ2) is 8.77. The van der Waals surface area contributed by atoms with E-state index in [4.69, 9.17) is 4.74 Å². The Hall–Kier alpha value is -2.39.